The van der Waals surface area contributed by atoms with Gasteiger partial charge in [0.25, 0.3) is 0 Å². The number of rotatable bonds is 7. The van der Waals surface area contributed by atoms with Crippen LogP contribution in [0.1, 0.15) is 48.3 Å². The Morgan fingerprint density at radius 2 is 1.96 bits per heavy atom. The summed E-state index contributed by atoms with van der Waals surface area (Å²) in [5.74, 6) is -0.184. The first kappa shape index (κ1) is 18.9. The van der Waals surface area contributed by atoms with E-state index < -0.39 is 5.97 Å². The highest BCUT2D eigenvalue weighted by Gasteiger charge is 2.11. The van der Waals surface area contributed by atoms with Gasteiger partial charge in [-0.05, 0) is 50.6 Å². The van der Waals surface area contributed by atoms with Crippen molar-refractivity contribution in [2.75, 3.05) is 0 Å². The second kappa shape index (κ2) is 8.62. The molecule has 0 N–H and O–H groups in total. The summed E-state index contributed by atoms with van der Waals surface area (Å²) in [7, 11) is 0. The largest absolute Gasteiger partial charge is 0.423 e. The highest BCUT2D eigenvalue weighted by atomic mass is 35.5. The lowest BCUT2D eigenvalue weighted by Crippen LogP contribution is -2.04. The lowest BCUT2D eigenvalue weighted by Gasteiger charge is -2.02. The van der Waals surface area contributed by atoms with Gasteiger partial charge in [0, 0.05) is 23.7 Å². The Hall–Kier alpha value is -2.40. The Labute approximate surface area is 152 Å². The van der Waals surface area contributed by atoms with Crippen LogP contribution in [0.3, 0.4) is 0 Å². The van der Waals surface area contributed by atoms with E-state index >= 15 is 0 Å². The number of carbonyl (C=O) groups is 2. The van der Waals surface area contributed by atoms with Crippen LogP contribution in [0.5, 0.6) is 5.75 Å². The van der Waals surface area contributed by atoms with Gasteiger partial charge in [0.05, 0.1) is 5.69 Å². The fraction of sp³-hybridized carbons (Fsp3) is 0.316. The summed E-state index contributed by atoms with van der Waals surface area (Å²) in [5.41, 5.74) is 2.04. The van der Waals surface area contributed by atoms with Crippen molar-refractivity contribution in [1.29, 1.82) is 0 Å². The maximum Gasteiger partial charge on any atom is 0.336 e. The van der Waals surface area contributed by atoms with Crippen LogP contribution in [0.25, 0.3) is 6.08 Å². The van der Waals surface area contributed by atoms with Crippen molar-refractivity contribution in [3.05, 3.63) is 52.3 Å². The fourth-order valence-corrected chi connectivity index (χ4v) is 2.59. The van der Waals surface area contributed by atoms with Crippen molar-refractivity contribution in [2.45, 2.75) is 40.2 Å². The molecule has 1 heterocycles. The molecule has 1 aromatic heterocycles. The number of unbranched alkanes of at least 4 members (excludes halogenated alkanes) is 1. The number of halogens is 1. The molecule has 2 rings (SSSR count). The number of esters is 1. The van der Waals surface area contributed by atoms with E-state index in [1.54, 1.807) is 35.0 Å². The van der Waals surface area contributed by atoms with Gasteiger partial charge in [-0.25, -0.2) is 4.79 Å². The van der Waals surface area contributed by atoms with Crippen molar-refractivity contribution in [2.24, 2.45) is 0 Å². The molecule has 25 heavy (non-hydrogen) atoms. The van der Waals surface area contributed by atoms with Crippen LogP contribution in [0.4, 0.5) is 0 Å². The minimum Gasteiger partial charge on any atom is -0.423 e. The second-order valence-corrected chi connectivity index (χ2v) is 6.06. The Morgan fingerprint density at radius 1 is 1.28 bits per heavy atom. The molecule has 0 aliphatic heterocycles. The minimum atomic E-state index is -0.521. The normalized spacial score (nSPS) is 11.0. The first-order chi connectivity index (χ1) is 11.9. The predicted molar refractivity (Wildman–Crippen MR) is 98.0 cm³/mol. The molecule has 0 radical (unpaired) electrons. The van der Waals surface area contributed by atoms with E-state index in [1.165, 1.54) is 13.0 Å². The number of nitrogens with zero attached hydrogens (tertiary/aromatic N) is 2. The van der Waals surface area contributed by atoms with E-state index in [2.05, 4.69) is 12.0 Å². The zero-order valence-electron chi connectivity index (χ0n) is 14.6. The number of hydrogen-bond donors (Lipinski definition) is 0. The van der Waals surface area contributed by atoms with Gasteiger partial charge in [0.1, 0.15) is 10.9 Å². The zero-order chi connectivity index (χ0) is 18.4. The number of benzene rings is 1. The quantitative estimate of drug-likeness (QED) is 0.316. The van der Waals surface area contributed by atoms with E-state index in [1.807, 2.05) is 6.92 Å². The predicted octanol–water partition coefficient (Wildman–Crippen LogP) is 4.47. The summed E-state index contributed by atoms with van der Waals surface area (Å²) in [6.45, 7) is 6.18. The number of Topliss-reactive ketones (excluding diaryl/α,β-unsaturated/α-hetero) is 1. The molecule has 0 amide bonds. The molecule has 0 saturated heterocycles. The lowest BCUT2D eigenvalue weighted by molar-refractivity contribution is -0.128. The van der Waals surface area contributed by atoms with Gasteiger partial charge >= 0.3 is 5.97 Å². The minimum absolute atomic E-state index is 0.0389. The molecule has 0 fully saturated rings. The van der Waals surface area contributed by atoms with Gasteiger partial charge in [-0.15, -0.1) is 0 Å². The number of ether oxygens (including phenoxy) is 1. The summed E-state index contributed by atoms with van der Waals surface area (Å²) in [4.78, 5) is 23.2. The van der Waals surface area contributed by atoms with E-state index in [0.29, 0.717) is 22.0 Å². The third-order valence-corrected chi connectivity index (χ3v) is 4.10. The number of aromatic nitrogens is 2. The number of aryl methyl sites for hydroxylation is 2. The SMILES string of the molecule is CCCCn1nc(C)c(/C=C/C(=O)Oc2ccc(C(C)=O)cc2)c1Cl. The molecule has 0 spiro atoms. The maximum atomic E-state index is 12.0. The number of carbonyl (C=O) groups excluding carboxylic acids is 2. The third kappa shape index (κ3) is 5.03. The fourth-order valence-electron chi connectivity index (χ4n) is 2.27. The van der Waals surface area contributed by atoms with Gasteiger partial charge in [0.2, 0.25) is 0 Å². The topological polar surface area (TPSA) is 61.2 Å². The van der Waals surface area contributed by atoms with E-state index in [-0.39, 0.29) is 5.78 Å². The highest BCUT2D eigenvalue weighted by Crippen LogP contribution is 2.22. The highest BCUT2D eigenvalue weighted by molar-refractivity contribution is 6.31. The third-order valence-electron chi connectivity index (χ3n) is 3.70. The van der Waals surface area contributed by atoms with Crippen LogP contribution < -0.4 is 4.74 Å². The first-order valence-electron chi connectivity index (χ1n) is 8.16. The Bertz CT molecular complexity index is 792. The second-order valence-electron chi connectivity index (χ2n) is 5.70. The van der Waals surface area contributed by atoms with Crippen molar-refractivity contribution in [3.63, 3.8) is 0 Å². The van der Waals surface area contributed by atoms with Gasteiger partial charge in [-0.3, -0.25) is 9.48 Å². The first-order valence-corrected chi connectivity index (χ1v) is 8.54. The summed E-state index contributed by atoms with van der Waals surface area (Å²) in [5, 5.41) is 4.90. The van der Waals surface area contributed by atoms with Crippen molar-refractivity contribution < 1.29 is 14.3 Å². The van der Waals surface area contributed by atoms with Gasteiger partial charge in [-0.1, -0.05) is 24.9 Å². The standard InChI is InChI=1S/C19H21ClN2O3/c1-4-5-12-22-19(20)17(13(2)21-22)10-11-18(24)25-16-8-6-15(7-9-16)14(3)23/h6-11H,4-5,12H2,1-3H3/b11-10+. The molecule has 0 saturated carbocycles. The Morgan fingerprint density at radius 3 is 2.56 bits per heavy atom. The van der Waals surface area contributed by atoms with Crippen molar-refractivity contribution in [1.82, 2.24) is 9.78 Å². The molecule has 0 aliphatic rings. The monoisotopic (exact) mass is 360 g/mol. The molecule has 1 aromatic carbocycles. The number of hydrogen-bond acceptors (Lipinski definition) is 4. The summed E-state index contributed by atoms with van der Waals surface area (Å²) in [6, 6.07) is 6.41. The van der Waals surface area contributed by atoms with Crippen LogP contribution in [-0.2, 0) is 11.3 Å². The summed E-state index contributed by atoms with van der Waals surface area (Å²) in [6.07, 6.45) is 4.97. The molecule has 2 aromatic rings. The Balaban J connectivity index is 2.05. The van der Waals surface area contributed by atoms with E-state index in [9.17, 15) is 9.59 Å². The maximum absolute atomic E-state index is 12.0. The van der Waals surface area contributed by atoms with Crippen LogP contribution >= 0.6 is 11.6 Å². The molecular weight excluding hydrogens is 340 g/mol. The van der Waals surface area contributed by atoms with Gasteiger partial charge < -0.3 is 4.74 Å². The molecule has 0 bridgehead atoms. The van der Waals surface area contributed by atoms with E-state index in [0.717, 1.165) is 25.1 Å². The lowest BCUT2D eigenvalue weighted by atomic mass is 10.1. The van der Waals surface area contributed by atoms with Gasteiger partial charge in [0.15, 0.2) is 5.78 Å². The average Bonchev–Trinajstić information content (AvgIpc) is 2.85. The van der Waals surface area contributed by atoms with Crippen LogP contribution in [0.2, 0.25) is 5.15 Å². The van der Waals surface area contributed by atoms with Gasteiger partial charge in [-0.2, -0.15) is 5.10 Å². The van der Waals surface area contributed by atoms with Crippen molar-refractivity contribution in [3.8, 4) is 5.75 Å². The molecule has 6 heteroatoms. The zero-order valence-corrected chi connectivity index (χ0v) is 15.3. The van der Waals surface area contributed by atoms with Crippen LogP contribution in [0.15, 0.2) is 30.3 Å². The average molecular weight is 361 g/mol. The van der Waals surface area contributed by atoms with Crippen molar-refractivity contribution >= 4 is 29.4 Å². The molecule has 5 nitrogen and oxygen atoms in total. The molecule has 0 aliphatic carbocycles. The molecule has 0 unspecified atom stereocenters. The Kier molecular flexibility index (Phi) is 6.53. The van der Waals surface area contributed by atoms with E-state index in [4.69, 9.17) is 16.3 Å². The number of ketones is 1. The summed E-state index contributed by atoms with van der Waals surface area (Å²) < 4.78 is 6.96. The molecular formula is C19H21ClN2O3. The molecule has 0 atom stereocenters. The van der Waals surface area contributed by atoms with Crippen LogP contribution in [0, 0.1) is 6.92 Å². The molecule has 132 valence electrons. The summed E-state index contributed by atoms with van der Waals surface area (Å²) >= 11 is 6.32. The smallest absolute Gasteiger partial charge is 0.336 e. The van der Waals surface area contributed by atoms with Crippen LogP contribution in [-0.4, -0.2) is 21.5 Å².